The van der Waals surface area contributed by atoms with Gasteiger partial charge in [-0.3, -0.25) is 9.78 Å². The highest BCUT2D eigenvalue weighted by Crippen LogP contribution is 2.06. The maximum absolute atomic E-state index is 11.4. The van der Waals surface area contributed by atoms with Crippen LogP contribution in [0.5, 0.6) is 0 Å². The van der Waals surface area contributed by atoms with Crippen LogP contribution in [0.1, 0.15) is 31.0 Å². The van der Waals surface area contributed by atoms with Crippen LogP contribution < -0.4 is 5.56 Å². The molecule has 13 heavy (non-hydrogen) atoms. The van der Waals surface area contributed by atoms with Crippen molar-refractivity contribution in [1.29, 1.82) is 0 Å². The predicted molar refractivity (Wildman–Crippen MR) is 53.2 cm³/mol. The van der Waals surface area contributed by atoms with Gasteiger partial charge < -0.3 is 0 Å². The fraction of sp³-hybridized carbons (Fsp3) is 0.556. The largest absolute Gasteiger partial charge is 0.297 e. The summed E-state index contributed by atoms with van der Waals surface area (Å²) in [7, 11) is 0. The van der Waals surface area contributed by atoms with Crippen LogP contribution in [-0.4, -0.2) is 9.97 Å². The lowest BCUT2D eigenvalue weighted by Gasteiger charge is -2.02. The van der Waals surface area contributed by atoms with Gasteiger partial charge in [-0.05, 0) is 31.4 Å². The molecular formula is C9H13ClN2O. The summed E-state index contributed by atoms with van der Waals surface area (Å²) in [5.74, 6) is 0. The maximum atomic E-state index is 11.4. The van der Waals surface area contributed by atoms with E-state index in [1.165, 1.54) is 0 Å². The Labute approximate surface area is 82.2 Å². The number of hydrogen-bond acceptors (Lipinski definition) is 2. The van der Waals surface area contributed by atoms with Crippen LogP contribution in [0.3, 0.4) is 0 Å². The zero-order chi connectivity index (χ0) is 9.84. The second kappa shape index (κ2) is 4.42. The molecule has 1 rings (SSSR count). The standard InChI is InChI=1S/C9H13ClN2O/c1-3-4-5-7-6(2)11-9(10)12-8(7)13/h3-5H2,1-2H3,(H,11,12,13). The van der Waals surface area contributed by atoms with Crippen LogP contribution in [0, 0.1) is 6.92 Å². The molecule has 0 aliphatic rings. The van der Waals surface area contributed by atoms with Gasteiger partial charge in [0.05, 0.1) is 0 Å². The van der Waals surface area contributed by atoms with Crippen LogP contribution >= 0.6 is 11.6 Å². The van der Waals surface area contributed by atoms with Crippen LogP contribution in [0.25, 0.3) is 0 Å². The minimum atomic E-state index is -0.106. The zero-order valence-corrected chi connectivity index (χ0v) is 8.61. The van der Waals surface area contributed by atoms with Crippen molar-refractivity contribution in [2.75, 3.05) is 0 Å². The van der Waals surface area contributed by atoms with E-state index < -0.39 is 0 Å². The average Bonchev–Trinajstić information content (AvgIpc) is 2.02. The highest BCUT2D eigenvalue weighted by Gasteiger charge is 2.05. The smallest absolute Gasteiger partial charge is 0.255 e. The van der Waals surface area contributed by atoms with Crippen molar-refractivity contribution in [3.05, 3.63) is 26.9 Å². The Hall–Kier alpha value is -0.830. The van der Waals surface area contributed by atoms with Crippen molar-refractivity contribution in [2.24, 2.45) is 0 Å². The lowest BCUT2D eigenvalue weighted by molar-refractivity contribution is 0.773. The van der Waals surface area contributed by atoms with Crippen molar-refractivity contribution in [1.82, 2.24) is 9.97 Å². The molecule has 0 aliphatic carbocycles. The third-order valence-electron chi connectivity index (χ3n) is 1.97. The van der Waals surface area contributed by atoms with Crippen molar-refractivity contribution in [3.63, 3.8) is 0 Å². The maximum Gasteiger partial charge on any atom is 0.255 e. The summed E-state index contributed by atoms with van der Waals surface area (Å²) in [6.07, 6.45) is 2.86. The molecule has 72 valence electrons. The molecule has 0 fully saturated rings. The van der Waals surface area contributed by atoms with Gasteiger partial charge in [0.15, 0.2) is 0 Å². The molecule has 0 unspecified atom stereocenters. The second-order valence-corrected chi connectivity index (χ2v) is 3.38. The first kappa shape index (κ1) is 10.3. The van der Waals surface area contributed by atoms with Gasteiger partial charge in [-0.2, -0.15) is 0 Å². The molecule has 1 aromatic rings. The van der Waals surface area contributed by atoms with E-state index in [-0.39, 0.29) is 10.8 Å². The highest BCUT2D eigenvalue weighted by molar-refractivity contribution is 6.28. The number of aromatic amines is 1. The molecule has 0 radical (unpaired) electrons. The van der Waals surface area contributed by atoms with Gasteiger partial charge in [0.2, 0.25) is 5.28 Å². The van der Waals surface area contributed by atoms with Crippen molar-refractivity contribution in [2.45, 2.75) is 33.1 Å². The van der Waals surface area contributed by atoms with Gasteiger partial charge in [0.25, 0.3) is 5.56 Å². The molecule has 0 spiro atoms. The molecule has 1 heterocycles. The van der Waals surface area contributed by atoms with E-state index in [0.717, 1.165) is 30.5 Å². The molecule has 1 aromatic heterocycles. The fourth-order valence-electron chi connectivity index (χ4n) is 1.22. The highest BCUT2D eigenvalue weighted by atomic mass is 35.5. The first-order chi connectivity index (χ1) is 6.15. The quantitative estimate of drug-likeness (QED) is 0.760. The summed E-state index contributed by atoms with van der Waals surface area (Å²) in [6, 6.07) is 0. The van der Waals surface area contributed by atoms with E-state index in [0.29, 0.717) is 0 Å². The summed E-state index contributed by atoms with van der Waals surface area (Å²) < 4.78 is 0. The fourth-order valence-corrected chi connectivity index (χ4v) is 1.44. The van der Waals surface area contributed by atoms with Gasteiger partial charge in [-0.25, -0.2) is 4.98 Å². The lowest BCUT2D eigenvalue weighted by atomic mass is 10.1. The molecule has 3 nitrogen and oxygen atoms in total. The SMILES string of the molecule is CCCCc1c(C)nc(Cl)[nH]c1=O. The van der Waals surface area contributed by atoms with Gasteiger partial charge >= 0.3 is 0 Å². The molecule has 0 aliphatic heterocycles. The monoisotopic (exact) mass is 200 g/mol. The third-order valence-corrected chi connectivity index (χ3v) is 2.15. The van der Waals surface area contributed by atoms with Gasteiger partial charge in [0, 0.05) is 11.3 Å². The second-order valence-electron chi connectivity index (χ2n) is 3.02. The predicted octanol–water partition coefficient (Wildman–Crippen LogP) is 2.07. The molecule has 0 bridgehead atoms. The van der Waals surface area contributed by atoms with Gasteiger partial charge in [-0.1, -0.05) is 13.3 Å². The summed E-state index contributed by atoms with van der Waals surface area (Å²) >= 11 is 5.59. The molecule has 0 aromatic carbocycles. The van der Waals surface area contributed by atoms with Crippen LogP contribution in [-0.2, 0) is 6.42 Å². The Balaban J connectivity index is 2.99. The third kappa shape index (κ3) is 2.56. The molecule has 0 saturated carbocycles. The van der Waals surface area contributed by atoms with Crippen LogP contribution in [0.15, 0.2) is 4.79 Å². The van der Waals surface area contributed by atoms with E-state index in [1.54, 1.807) is 0 Å². The Morgan fingerprint density at radius 3 is 2.77 bits per heavy atom. The first-order valence-electron chi connectivity index (χ1n) is 4.40. The average molecular weight is 201 g/mol. The Morgan fingerprint density at radius 1 is 1.54 bits per heavy atom. The summed E-state index contributed by atoms with van der Waals surface area (Å²) in [5.41, 5.74) is 1.39. The number of aromatic nitrogens is 2. The van der Waals surface area contributed by atoms with E-state index in [4.69, 9.17) is 11.6 Å². The number of H-pyrrole nitrogens is 1. The van der Waals surface area contributed by atoms with E-state index >= 15 is 0 Å². The van der Waals surface area contributed by atoms with Crippen molar-refractivity contribution >= 4 is 11.6 Å². The molecule has 4 heteroatoms. The minimum Gasteiger partial charge on any atom is -0.297 e. The molecule has 0 amide bonds. The zero-order valence-electron chi connectivity index (χ0n) is 7.85. The van der Waals surface area contributed by atoms with E-state index in [1.807, 2.05) is 6.92 Å². The van der Waals surface area contributed by atoms with Gasteiger partial charge in [0.1, 0.15) is 0 Å². The van der Waals surface area contributed by atoms with Crippen molar-refractivity contribution < 1.29 is 0 Å². The van der Waals surface area contributed by atoms with Crippen LogP contribution in [0.4, 0.5) is 0 Å². The topological polar surface area (TPSA) is 45.8 Å². The summed E-state index contributed by atoms with van der Waals surface area (Å²) in [6.45, 7) is 3.90. The minimum absolute atomic E-state index is 0.106. The van der Waals surface area contributed by atoms with E-state index in [9.17, 15) is 4.79 Å². The Bertz CT molecular complexity index is 346. The molecule has 0 atom stereocenters. The van der Waals surface area contributed by atoms with Crippen molar-refractivity contribution in [3.8, 4) is 0 Å². The number of aryl methyl sites for hydroxylation is 1. The normalized spacial score (nSPS) is 10.4. The number of nitrogens with zero attached hydrogens (tertiary/aromatic N) is 1. The Morgan fingerprint density at radius 2 is 2.23 bits per heavy atom. The molecule has 0 saturated heterocycles. The summed E-state index contributed by atoms with van der Waals surface area (Å²) in [4.78, 5) is 17.9. The Kier molecular flexibility index (Phi) is 3.48. The van der Waals surface area contributed by atoms with E-state index in [2.05, 4.69) is 16.9 Å². The van der Waals surface area contributed by atoms with Gasteiger partial charge in [-0.15, -0.1) is 0 Å². The van der Waals surface area contributed by atoms with Crippen LogP contribution in [0.2, 0.25) is 5.28 Å². The number of halogens is 1. The number of unbranched alkanes of at least 4 members (excludes halogenated alkanes) is 1. The summed E-state index contributed by atoms with van der Waals surface area (Å²) in [5, 5.41) is 0.169. The first-order valence-corrected chi connectivity index (χ1v) is 4.78. The lowest BCUT2D eigenvalue weighted by Crippen LogP contribution is -2.16. The number of hydrogen-bond donors (Lipinski definition) is 1. The number of nitrogens with one attached hydrogen (secondary N) is 1. The number of rotatable bonds is 3. The molecule has 1 N–H and O–H groups in total. The molecular weight excluding hydrogens is 188 g/mol.